The predicted octanol–water partition coefficient (Wildman–Crippen LogP) is 5.45. The van der Waals surface area contributed by atoms with E-state index in [4.69, 9.17) is 23.2 Å². The lowest BCUT2D eigenvalue weighted by molar-refractivity contribution is 0.111. The second-order valence-corrected chi connectivity index (χ2v) is 8.78. The molecule has 6 rings (SSSR count). The van der Waals surface area contributed by atoms with Crippen LogP contribution < -0.4 is 5.32 Å². The van der Waals surface area contributed by atoms with Crippen molar-refractivity contribution in [3.05, 3.63) is 68.7 Å². The number of nitrogens with zero attached hydrogens (tertiary/aromatic N) is 1. The first-order valence-electron chi connectivity index (χ1n) is 9.66. The quantitative estimate of drug-likeness (QED) is 0.691. The van der Waals surface area contributed by atoms with E-state index in [0.29, 0.717) is 23.9 Å². The van der Waals surface area contributed by atoms with Crippen LogP contribution in [0.4, 0.5) is 0 Å². The molecule has 3 atom stereocenters. The van der Waals surface area contributed by atoms with Gasteiger partial charge in [0.05, 0.1) is 0 Å². The summed E-state index contributed by atoms with van der Waals surface area (Å²) in [7, 11) is 2.32. The maximum absolute atomic E-state index is 6.74. The van der Waals surface area contributed by atoms with Crippen LogP contribution in [-0.2, 0) is 0 Å². The summed E-state index contributed by atoms with van der Waals surface area (Å²) in [6.07, 6.45) is 3.58. The Labute approximate surface area is 177 Å². The molecule has 1 N–H and O–H groups in total. The Bertz CT molecular complexity index is 847. The summed E-state index contributed by atoms with van der Waals surface area (Å²) in [5.41, 5.74) is 5.45. The minimum Gasteiger partial charge on any atom is -0.317 e. The van der Waals surface area contributed by atoms with Crippen molar-refractivity contribution in [3.63, 3.8) is 0 Å². The van der Waals surface area contributed by atoms with E-state index in [2.05, 4.69) is 41.5 Å². The molecule has 0 spiro atoms. The Kier molecular flexibility index (Phi) is 5.48. The highest BCUT2D eigenvalue weighted by atomic mass is 35.5. The van der Waals surface area contributed by atoms with Gasteiger partial charge in [0.15, 0.2) is 0 Å². The molecule has 144 valence electrons. The van der Waals surface area contributed by atoms with Crippen LogP contribution >= 0.6 is 35.6 Å². The summed E-state index contributed by atoms with van der Waals surface area (Å²) in [4.78, 5) is 2.65. The number of fused-ring (bicyclic) bond motifs is 1. The number of likely N-dealkylation sites (N-methyl/N-ethyl adjacent to an activating group) is 1. The smallest absolute Gasteiger partial charge is 0.0447 e. The van der Waals surface area contributed by atoms with Gasteiger partial charge in [0.25, 0.3) is 0 Å². The zero-order valence-electron chi connectivity index (χ0n) is 15.4. The molecule has 2 nitrogen and oxygen atoms in total. The molecule has 3 unspecified atom stereocenters. The predicted molar refractivity (Wildman–Crippen MR) is 116 cm³/mol. The summed E-state index contributed by atoms with van der Waals surface area (Å²) < 4.78 is 0. The molecule has 0 saturated carbocycles. The van der Waals surface area contributed by atoms with Crippen molar-refractivity contribution >= 4 is 35.6 Å². The number of rotatable bonds is 2. The van der Waals surface area contributed by atoms with Gasteiger partial charge in [-0.2, -0.15) is 0 Å². The topological polar surface area (TPSA) is 15.3 Å². The Morgan fingerprint density at radius 2 is 1.56 bits per heavy atom. The van der Waals surface area contributed by atoms with Gasteiger partial charge in [-0.1, -0.05) is 47.5 Å². The lowest BCUT2D eigenvalue weighted by atomic mass is 9.61. The average Bonchev–Trinajstić information content (AvgIpc) is 2.68. The molecule has 2 aromatic rings. The molecule has 5 heteroatoms. The highest BCUT2D eigenvalue weighted by Gasteiger charge is 2.47. The maximum atomic E-state index is 6.74. The van der Waals surface area contributed by atoms with Crippen molar-refractivity contribution in [2.75, 3.05) is 20.1 Å². The SMILES string of the molecule is CN(C1CCNCC1)C1CC2c3cccc(Cl)c3C1c1cccc(Cl)c12.Cl. The number of benzene rings is 2. The number of hydrogen-bond acceptors (Lipinski definition) is 2. The highest BCUT2D eigenvalue weighted by molar-refractivity contribution is 6.32. The fourth-order valence-electron chi connectivity index (χ4n) is 5.60. The van der Waals surface area contributed by atoms with Crippen LogP contribution in [0, 0.1) is 0 Å². The van der Waals surface area contributed by atoms with Crippen LogP contribution in [0.15, 0.2) is 36.4 Å². The first kappa shape index (κ1) is 19.5. The summed E-state index contributed by atoms with van der Waals surface area (Å²) >= 11 is 13.4. The van der Waals surface area contributed by atoms with Gasteiger partial charge >= 0.3 is 0 Å². The van der Waals surface area contributed by atoms with Gasteiger partial charge in [-0.05, 0) is 73.8 Å². The van der Waals surface area contributed by atoms with Crippen molar-refractivity contribution in [2.24, 2.45) is 0 Å². The summed E-state index contributed by atoms with van der Waals surface area (Å²) in [5, 5.41) is 5.31. The van der Waals surface area contributed by atoms with Gasteiger partial charge in [-0.25, -0.2) is 0 Å². The fourth-order valence-corrected chi connectivity index (χ4v) is 6.21. The van der Waals surface area contributed by atoms with Crippen LogP contribution in [0.2, 0.25) is 10.0 Å². The largest absolute Gasteiger partial charge is 0.317 e. The summed E-state index contributed by atoms with van der Waals surface area (Å²) in [5.74, 6) is 0.670. The normalized spacial score (nSPS) is 26.4. The molecule has 1 aliphatic heterocycles. The molecule has 4 aliphatic rings. The van der Waals surface area contributed by atoms with Crippen LogP contribution in [0.25, 0.3) is 0 Å². The third kappa shape index (κ3) is 3.01. The van der Waals surface area contributed by atoms with Crippen LogP contribution in [0.3, 0.4) is 0 Å². The molecule has 0 aromatic heterocycles. The van der Waals surface area contributed by atoms with Crippen molar-refractivity contribution in [3.8, 4) is 0 Å². The number of hydrogen-bond donors (Lipinski definition) is 1. The minimum atomic E-state index is 0. The van der Waals surface area contributed by atoms with E-state index in [-0.39, 0.29) is 12.4 Å². The fraction of sp³-hybridized carbons (Fsp3) is 0.455. The number of halogens is 3. The molecule has 1 heterocycles. The monoisotopic (exact) mass is 422 g/mol. The lowest BCUT2D eigenvalue weighted by Gasteiger charge is -2.51. The number of nitrogens with one attached hydrogen (secondary N) is 1. The van der Waals surface area contributed by atoms with Gasteiger partial charge in [0.1, 0.15) is 0 Å². The highest BCUT2D eigenvalue weighted by Crippen LogP contribution is 2.57. The van der Waals surface area contributed by atoms with Crippen molar-refractivity contribution in [1.82, 2.24) is 10.2 Å². The van der Waals surface area contributed by atoms with Gasteiger partial charge in [-0.3, -0.25) is 4.90 Å². The van der Waals surface area contributed by atoms with Gasteiger partial charge < -0.3 is 5.32 Å². The molecule has 1 fully saturated rings. The van der Waals surface area contributed by atoms with Crippen LogP contribution in [0.1, 0.15) is 53.4 Å². The third-order valence-corrected chi connectivity index (χ3v) is 7.47. The molecule has 0 radical (unpaired) electrons. The summed E-state index contributed by atoms with van der Waals surface area (Å²) in [6.45, 7) is 2.24. The van der Waals surface area contributed by atoms with E-state index < -0.39 is 0 Å². The molecular formula is C22H25Cl3N2. The minimum absolute atomic E-state index is 0. The van der Waals surface area contributed by atoms with Crippen LogP contribution in [0.5, 0.6) is 0 Å². The Morgan fingerprint density at radius 3 is 2.26 bits per heavy atom. The van der Waals surface area contributed by atoms with E-state index in [1.165, 1.54) is 35.1 Å². The van der Waals surface area contributed by atoms with E-state index in [1.807, 2.05) is 12.1 Å². The van der Waals surface area contributed by atoms with Gasteiger partial charge in [-0.15, -0.1) is 12.4 Å². The Morgan fingerprint density at radius 1 is 0.926 bits per heavy atom. The first-order chi connectivity index (χ1) is 12.7. The Hall–Kier alpha value is -0.770. The zero-order valence-corrected chi connectivity index (χ0v) is 17.7. The first-order valence-corrected chi connectivity index (χ1v) is 10.4. The van der Waals surface area contributed by atoms with E-state index in [1.54, 1.807) is 0 Å². The maximum Gasteiger partial charge on any atom is 0.0447 e. The second kappa shape index (κ2) is 7.57. The van der Waals surface area contributed by atoms with Crippen molar-refractivity contribution in [2.45, 2.75) is 43.2 Å². The standard InChI is InChI=1S/C22H24Cl2N2.ClH/c1-26(13-8-10-25-11-9-13)19-12-16-14-4-2-7-18(24)21(14)22(19)15-5-3-6-17(23)20(15)16;/h2-7,13,16,19,22,25H,8-12H2,1H3;1H. The molecule has 2 aromatic carbocycles. The van der Waals surface area contributed by atoms with E-state index >= 15 is 0 Å². The molecular weight excluding hydrogens is 399 g/mol. The third-order valence-electron chi connectivity index (χ3n) is 6.81. The molecule has 2 bridgehead atoms. The molecule has 0 amide bonds. The number of piperidine rings is 1. The van der Waals surface area contributed by atoms with E-state index in [9.17, 15) is 0 Å². The van der Waals surface area contributed by atoms with E-state index in [0.717, 1.165) is 29.6 Å². The van der Waals surface area contributed by atoms with Crippen molar-refractivity contribution < 1.29 is 0 Å². The summed E-state index contributed by atoms with van der Waals surface area (Å²) in [6, 6.07) is 13.9. The molecule has 1 saturated heterocycles. The zero-order chi connectivity index (χ0) is 17.8. The Balaban J connectivity index is 0.00000180. The average molecular weight is 424 g/mol. The van der Waals surface area contributed by atoms with Gasteiger partial charge in [0, 0.05) is 34.0 Å². The van der Waals surface area contributed by atoms with Crippen molar-refractivity contribution in [1.29, 1.82) is 0 Å². The van der Waals surface area contributed by atoms with Crippen LogP contribution in [-0.4, -0.2) is 37.1 Å². The second-order valence-electron chi connectivity index (χ2n) is 7.97. The molecule has 27 heavy (non-hydrogen) atoms. The molecule has 3 aliphatic carbocycles. The lowest BCUT2D eigenvalue weighted by Crippen LogP contribution is -2.51. The van der Waals surface area contributed by atoms with Gasteiger partial charge in [0.2, 0.25) is 0 Å².